The quantitative estimate of drug-likeness (QED) is 0.0581. The Kier molecular flexibility index (Phi) is 20.5. The lowest BCUT2D eigenvalue weighted by molar-refractivity contribution is -0.158. The Morgan fingerprint density at radius 2 is 0.605 bits per heavy atom. The van der Waals surface area contributed by atoms with Crippen molar-refractivity contribution in [3.8, 4) is 0 Å². The van der Waals surface area contributed by atoms with E-state index in [9.17, 15) is 54.0 Å². The summed E-state index contributed by atoms with van der Waals surface area (Å²) < 4.78 is 78.7. The molecule has 8 rings (SSSR count). The number of Topliss-reactive ketones (excluding diaryl/α,β-unsaturated/α-hetero) is 1. The van der Waals surface area contributed by atoms with Crippen LogP contribution in [0.25, 0.3) is 0 Å². The summed E-state index contributed by atoms with van der Waals surface area (Å²) in [5.41, 5.74) is 0. The molecule has 8 aliphatic heterocycles. The molecular weight excluding hydrogens is 1010 g/mol. The predicted molar refractivity (Wildman–Crippen MR) is 249 cm³/mol. The summed E-state index contributed by atoms with van der Waals surface area (Å²) >= 11 is 0. The highest BCUT2D eigenvalue weighted by Gasteiger charge is 2.52. The Balaban J connectivity index is 0.801. The molecule has 0 aromatic carbocycles. The fraction of sp³-hybridized carbons (Fsp3) is 0.863. The summed E-state index contributed by atoms with van der Waals surface area (Å²) in [5.74, 6) is -5.65. The minimum atomic E-state index is -0.828. The van der Waals surface area contributed by atoms with E-state index in [1.165, 1.54) is 6.92 Å². The number of hydrogen-bond acceptors (Lipinski definition) is 25. The molecule has 2 unspecified atom stereocenters. The van der Waals surface area contributed by atoms with E-state index in [1.54, 1.807) is 13.8 Å². The van der Waals surface area contributed by atoms with Crippen LogP contribution in [0.4, 0.5) is 0 Å². The van der Waals surface area contributed by atoms with Gasteiger partial charge in [0, 0.05) is 44.4 Å². The van der Waals surface area contributed by atoms with Gasteiger partial charge in [-0.25, -0.2) is 0 Å². The number of fused-ring (bicyclic) bond motifs is 4. The molecule has 0 radical (unpaired) electrons. The number of ether oxygens (including phenoxy) is 14. The van der Waals surface area contributed by atoms with E-state index in [0.717, 1.165) is 0 Å². The number of hydrogen-bond donors (Lipinski definition) is 4. The zero-order valence-corrected chi connectivity index (χ0v) is 43.1. The summed E-state index contributed by atoms with van der Waals surface area (Å²) in [6, 6.07) is 0. The highest BCUT2D eigenvalue weighted by Crippen LogP contribution is 2.34. The molecule has 0 aromatic heterocycles. The zero-order valence-electron chi connectivity index (χ0n) is 43.1. The van der Waals surface area contributed by atoms with Crippen molar-refractivity contribution in [3.63, 3.8) is 0 Å². The Bertz CT molecular complexity index is 1780. The van der Waals surface area contributed by atoms with Gasteiger partial charge in [0.2, 0.25) is 0 Å². The van der Waals surface area contributed by atoms with Crippen LogP contribution in [0.3, 0.4) is 0 Å². The van der Waals surface area contributed by atoms with E-state index >= 15 is 0 Å². The topological polar surface area (TPSA) is 330 Å². The molecule has 18 atom stereocenters. The van der Waals surface area contributed by atoms with Crippen LogP contribution >= 0.6 is 0 Å². The van der Waals surface area contributed by atoms with E-state index in [1.807, 2.05) is 0 Å². The average molecular weight is 1090 g/mol. The predicted octanol–water partition coefficient (Wildman–Crippen LogP) is -0.750. The molecule has 25 heteroatoms. The second kappa shape index (κ2) is 26.8. The van der Waals surface area contributed by atoms with Gasteiger partial charge in [-0.15, -0.1) is 0 Å². The van der Waals surface area contributed by atoms with Crippen LogP contribution in [0.15, 0.2) is 0 Å². The summed E-state index contributed by atoms with van der Waals surface area (Å²) in [4.78, 5) is 91.9. The third kappa shape index (κ3) is 14.8. The summed E-state index contributed by atoms with van der Waals surface area (Å²) in [6.45, 7) is 5.09. The number of ketones is 1. The van der Waals surface area contributed by atoms with Crippen molar-refractivity contribution >= 4 is 41.6 Å². The molecule has 0 aromatic rings. The van der Waals surface area contributed by atoms with Crippen LogP contribution in [0, 0.1) is 17.8 Å². The van der Waals surface area contributed by atoms with Crippen molar-refractivity contribution in [2.45, 2.75) is 208 Å². The Labute approximate surface area is 439 Å². The van der Waals surface area contributed by atoms with Crippen LogP contribution in [0.2, 0.25) is 0 Å². The summed E-state index contributed by atoms with van der Waals surface area (Å²) in [5, 5.41) is 40.3. The fourth-order valence-electron chi connectivity index (χ4n) is 11.4. The average Bonchev–Trinajstić information content (AvgIpc) is 4.27. The minimum absolute atomic E-state index is 0.0416. The fourth-order valence-corrected chi connectivity index (χ4v) is 11.4. The molecule has 8 heterocycles. The molecule has 0 saturated carbocycles. The van der Waals surface area contributed by atoms with Crippen molar-refractivity contribution in [3.05, 3.63) is 0 Å². The Hall–Kier alpha value is -3.99. The maximum Gasteiger partial charge on any atom is 0.306 e. The largest absolute Gasteiger partial charge is 0.462 e. The molecule has 428 valence electrons. The van der Waals surface area contributed by atoms with Gasteiger partial charge in [-0.1, -0.05) is 0 Å². The standard InChI is InChI=1S/C51H74O25/c1-24(52)27(4-10-38(57)71-25(2)28(6-12-40(59)73-34-20-67-44-30(53)16-63-48(34)44)7-13-41(60)74-35-21-68-45-31(54)17-64-49(35)45)5-11-39(58)72-26(3)29(8-14-42(61)75-36-22-69-46-32(55)18-65-50(36)46)9-15-43(62)76-37-23-70-47-33(56)19-66-51(37)47/h25-37,44-51,53-56H,4-23H2,1-3H3/t25?,26?,27?,30-,31-,32-,33-,34+,35+,36+,37+,44+,45+,46+,47+,48+,49+,50+,51+/m0/s1. The van der Waals surface area contributed by atoms with E-state index in [2.05, 4.69) is 0 Å². The molecule has 0 bridgehead atoms. The molecule has 0 amide bonds. The van der Waals surface area contributed by atoms with Crippen LogP contribution in [-0.4, -0.2) is 225 Å². The number of carbonyl (C=O) groups excluding carboxylic acids is 7. The van der Waals surface area contributed by atoms with Gasteiger partial charge in [-0.2, -0.15) is 0 Å². The molecule has 8 aliphatic rings. The molecule has 0 spiro atoms. The van der Waals surface area contributed by atoms with Gasteiger partial charge in [0.25, 0.3) is 0 Å². The van der Waals surface area contributed by atoms with Gasteiger partial charge < -0.3 is 86.7 Å². The van der Waals surface area contributed by atoms with Crippen molar-refractivity contribution in [1.82, 2.24) is 0 Å². The van der Waals surface area contributed by atoms with Crippen LogP contribution < -0.4 is 0 Å². The van der Waals surface area contributed by atoms with E-state index in [0.29, 0.717) is 0 Å². The first-order valence-electron chi connectivity index (χ1n) is 26.7. The number of aliphatic hydroxyl groups excluding tert-OH is 4. The van der Waals surface area contributed by atoms with Crippen LogP contribution in [0.1, 0.15) is 97.8 Å². The number of rotatable bonds is 27. The summed E-state index contributed by atoms with van der Waals surface area (Å²) in [7, 11) is 0. The van der Waals surface area contributed by atoms with Gasteiger partial charge in [0.15, 0.2) is 24.4 Å². The van der Waals surface area contributed by atoms with E-state index in [-0.39, 0.29) is 136 Å². The molecule has 4 N–H and O–H groups in total. The van der Waals surface area contributed by atoms with Gasteiger partial charge in [0.1, 0.15) is 91.2 Å². The van der Waals surface area contributed by atoms with Crippen molar-refractivity contribution in [1.29, 1.82) is 0 Å². The number of esters is 6. The molecule has 8 saturated heterocycles. The normalized spacial score (nSPS) is 35.3. The van der Waals surface area contributed by atoms with Crippen LogP contribution in [0.5, 0.6) is 0 Å². The van der Waals surface area contributed by atoms with Gasteiger partial charge in [-0.05, 0) is 71.1 Å². The third-order valence-electron chi connectivity index (χ3n) is 15.9. The van der Waals surface area contributed by atoms with Crippen LogP contribution in [-0.2, 0) is 99.9 Å². The van der Waals surface area contributed by atoms with Crippen molar-refractivity contribution < 1.29 is 120 Å². The highest BCUT2D eigenvalue weighted by atomic mass is 16.7. The van der Waals surface area contributed by atoms with Gasteiger partial charge >= 0.3 is 35.8 Å². The second-order valence-electron chi connectivity index (χ2n) is 21.2. The molecule has 25 nitrogen and oxygen atoms in total. The third-order valence-corrected chi connectivity index (χ3v) is 15.9. The number of aliphatic hydroxyl groups is 4. The minimum Gasteiger partial charge on any atom is -0.462 e. The maximum atomic E-state index is 13.4. The van der Waals surface area contributed by atoms with Gasteiger partial charge in [0.05, 0.1) is 52.9 Å². The van der Waals surface area contributed by atoms with Crippen molar-refractivity contribution in [2.24, 2.45) is 17.8 Å². The lowest BCUT2D eigenvalue weighted by atomic mass is 9.91. The molecule has 8 fully saturated rings. The maximum absolute atomic E-state index is 13.4. The first-order valence-corrected chi connectivity index (χ1v) is 26.7. The Morgan fingerprint density at radius 1 is 0.368 bits per heavy atom. The van der Waals surface area contributed by atoms with Gasteiger partial charge in [-0.3, -0.25) is 33.6 Å². The summed E-state index contributed by atoms with van der Waals surface area (Å²) in [6.07, 6.45) is -12.7. The smallest absolute Gasteiger partial charge is 0.306 e. The monoisotopic (exact) mass is 1090 g/mol. The lowest BCUT2D eigenvalue weighted by Crippen LogP contribution is -2.35. The molecular formula is C51H74O25. The molecule has 76 heavy (non-hydrogen) atoms. The van der Waals surface area contributed by atoms with Crippen molar-refractivity contribution in [2.75, 3.05) is 52.9 Å². The number of carbonyl (C=O) groups is 7. The SMILES string of the molecule is CC(=O)C(CCC(=O)OC(C)C(CCC(=O)O[C@@H]1CO[C@H]2[C@@H]1OC[C@@H]2O)CCC(=O)O[C@@H]1CO[C@H]2[C@@H]1OC[C@@H]2O)CCC(=O)OC(C)C(CCC(=O)O[C@@H]1CO[C@H]2[C@@H]1OC[C@@H]2O)CCC(=O)O[C@@H]1CO[C@H]2[C@@H]1OC[C@@H]2O. The lowest BCUT2D eigenvalue weighted by Gasteiger charge is -2.25. The molecule has 0 aliphatic carbocycles. The first-order chi connectivity index (χ1) is 36.4. The first kappa shape index (κ1) is 58.2. The zero-order chi connectivity index (χ0) is 54.2. The van der Waals surface area contributed by atoms with E-state index < -0.39 is 163 Å². The Morgan fingerprint density at radius 3 is 0.855 bits per heavy atom. The van der Waals surface area contributed by atoms with E-state index in [4.69, 9.17) is 66.3 Å². The second-order valence-corrected chi connectivity index (χ2v) is 21.2. The highest BCUT2D eigenvalue weighted by molar-refractivity contribution is 5.80.